The summed E-state index contributed by atoms with van der Waals surface area (Å²) in [6.45, 7) is 3.71. The van der Waals surface area contributed by atoms with Crippen LogP contribution in [0.4, 0.5) is 5.69 Å². The Hall–Kier alpha value is -4.35. The van der Waals surface area contributed by atoms with E-state index in [1.54, 1.807) is 32.4 Å². The van der Waals surface area contributed by atoms with Gasteiger partial charge in [-0.15, -0.1) is 0 Å². The number of carbonyl (C=O) groups is 2. The Morgan fingerprint density at radius 1 is 1.14 bits per heavy atom. The van der Waals surface area contributed by atoms with Crippen LogP contribution in [0, 0.1) is 11.8 Å². The molecule has 2 amide bonds. The van der Waals surface area contributed by atoms with Gasteiger partial charge in [0.05, 0.1) is 5.69 Å². The molecule has 0 saturated heterocycles. The number of fused-ring (bicyclic) bond motifs is 1. The van der Waals surface area contributed by atoms with Gasteiger partial charge in [0.1, 0.15) is 41.2 Å². The van der Waals surface area contributed by atoms with Crippen molar-refractivity contribution in [2.45, 2.75) is 25.5 Å². The van der Waals surface area contributed by atoms with E-state index < -0.39 is 17.6 Å². The van der Waals surface area contributed by atoms with Crippen LogP contribution in [0.1, 0.15) is 29.9 Å². The standard InChI is InChI=1S/C28H27N3O5/c1-28(2,34-4)14-12-19-10-11-25-24(16-19)31(3)27(33)23(18-35-25)30-26(32)22-17-21(13-15-29-22)36-20-8-6-5-7-9-20/h5-11,13,15-17,23H,18H2,1-4H3,(H,30,32). The van der Waals surface area contributed by atoms with Crippen molar-refractivity contribution in [3.63, 3.8) is 0 Å². The lowest BCUT2D eigenvalue weighted by atomic mass is 10.1. The number of nitrogens with one attached hydrogen (secondary N) is 1. The van der Waals surface area contributed by atoms with E-state index in [4.69, 9.17) is 14.2 Å². The van der Waals surface area contributed by atoms with Crippen molar-refractivity contribution in [3.05, 3.63) is 78.1 Å². The second-order valence-electron chi connectivity index (χ2n) is 8.67. The first kappa shape index (κ1) is 24.8. The molecule has 2 aromatic carbocycles. The number of benzene rings is 2. The molecule has 3 aromatic rings. The molecular formula is C28H27N3O5. The highest BCUT2D eigenvalue weighted by Gasteiger charge is 2.31. The zero-order chi connectivity index (χ0) is 25.7. The number of ether oxygens (including phenoxy) is 3. The van der Waals surface area contributed by atoms with Crippen LogP contribution in [-0.4, -0.2) is 49.2 Å². The molecule has 0 bridgehead atoms. The molecule has 1 unspecified atom stereocenters. The summed E-state index contributed by atoms with van der Waals surface area (Å²) in [5.41, 5.74) is 0.802. The molecule has 0 saturated carbocycles. The fraction of sp³-hybridized carbons (Fsp3) is 0.250. The van der Waals surface area contributed by atoms with Gasteiger partial charge in [0.2, 0.25) is 0 Å². The number of methoxy groups -OCH3 is 1. The fourth-order valence-corrected chi connectivity index (χ4v) is 3.41. The van der Waals surface area contributed by atoms with Crippen LogP contribution < -0.4 is 19.7 Å². The third-order valence-electron chi connectivity index (χ3n) is 5.62. The summed E-state index contributed by atoms with van der Waals surface area (Å²) in [6, 6.07) is 16.8. The molecule has 1 atom stereocenters. The Morgan fingerprint density at radius 2 is 1.92 bits per heavy atom. The van der Waals surface area contributed by atoms with Gasteiger partial charge in [-0.05, 0) is 50.2 Å². The zero-order valence-corrected chi connectivity index (χ0v) is 20.6. The summed E-state index contributed by atoms with van der Waals surface area (Å²) < 4.78 is 17.0. The number of hydrogen-bond donors (Lipinski definition) is 1. The number of rotatable bonds is 5. The van der Waals surface area contributed by atoms with Crippen molar-refractivity contribution in [1.82, 2.24) is 10.3 Å². The third-order valence-corrected chi connectivity index (χ3v) is 5.62. The summed E-state index contributed by atoms with van der Waals surface area (Å²) in [7, 11) is 3.24. The molecule has 1 aliphatic rings. The summed E-state index contributed by atoms with van der Waals surface area (Å²) in [5.74, 6) is 6.91. The van der Waals surface area contributed by atoms with Gasteiger partial charge in [0.15, 0.2) is 0 Å². The number of nitrogens with zero attached hydrogens (tertiary/aromatic N) is 2. The van der Waals surface area contributed by atoms with E-state index in [9.17, 15) is 9.59 Å². The first-order valence-electron chi connectivity index (χ1n) is 11.4. The van der Waals surface area contributed by atoms with Gasteiger partial charge in [0, 0.05) is 32.0 Å². The van der Waals surface area contributed by atoms with Gasteiger partial charge in [-0.25, -0.2) is 0 Å². The lowest BCUT2D eigenvalue weighted by molar-refractivity contribution is -0.120. The highest BCUT2D eigenvalue weighted by atomic mass is 16.5. The van der Waals surface area contributed by atoms with Gasteiger partial charge in [0.25, 0.3) is 11.8 Å². The van der Waals surface area contributed by atoms with Crippen LogP contribution in [0.2, 0.25) is 0 Å². The second kappa shape index (κ2) is 10.5. The van der Waals surface area contributed by atoms with Gasteiger partial charge < -0.3 is 24.4 Å². The molecule has 1 aromatic heterocycles. The van der Waals surface area contributed by atoms with Crippen LogP contribution >= 0.6 is 0 Å². The van der Waals surface area contributed by atoms with Gasteiger partial charge in [-0.3, -0.25) is 14.6 Å². The van der Waals surface area contributed by atoms with Gasteiger partial charge in [-0.2, -0.15) is 0 Å². The van der Waals surface area contributed by atoms with Crippen molar-refractivity contribution < 1.29 is 23.8 Å². The maximum absolute atomic E-state index is 13.2. The Balaban J connectivity index is 1.48. The van der Waals surface area contributed by atoms with Gasteiger partial charge >= 0.3 is 0 Å². The lowest BCUT2D eigenvalue weighted by Gasteiger charge is -2.20. The zero-order valence-electron chi connectivity index (χ0n) is 20.6. The first-order valence-corrected chi connectivity index (χ1v) is 11.4. The smallest absolute Gasteiger partial charge is 0.270 e. The van der Waals surface area contributed by atoms with Crippen LogP contribution in [-0.2, 0) is 9.53 Å². The quantitative estimate of drug-likeness (QED) is 0.553. The van der Waals surface area contributed by atoms with Gasteiger partial charge in [-0.1, -0.05) is 30.0 Å². The second-order valence-corrected chi connectivity index (χ2v) is 8.67. The average molecular weight is 486 g/mol. The molecule has 2 heterocycles. The predicted octanol–water partition coefficient (Wildman–Crippen LogP) is 3.80. The van der Waals surface area contributed by atoms with Crippen LogP contribution in [0.25, 0.3) is 0 Å². The highest BCUT2D eigenvalue weighted by molar-refractivity contribution is 6.03. The topological polar surface area (TPSA) is 90.0 Å². The number of para-hydroxylation sites is 1. The minimum absolute atomic E-state index is 0.0240. The summed E-state index contributed by atoms with van der Waals surface area (Å²) >= 11 is 0. The molecule has 4 rings (SSSR count). The molecule has 1 N–H and O–H groups in total. The number of aromatic nitrogens is 1. The normalized spacial score (nSPS) is 15.1. The molecule has 0 radical (unpaired) electrons. The minimum Gasteiger partial charge on any atom is -0.489 e. The van der Waals surface area contributed by atoms with Crippen molar-refractivity contribution >= 4 is 17.5 Å². The molecule has 8 heteroatoms. The SMILES string of the molecule is COC(C)(C)C#Cc1ccc2c(c1)N(C)C(=O)C(NC(=O)c1cc(Oc3ccccc3)ccn1)CO2. The summed E-state index contributed by atoms with van der Waals surface area (Å²) in [4.78, 5) is 31.7. The molecule has 1 aliphatic heterocycles. The van der Waals surface area contributed by atoms with Crippen molar-refractivity contribution in [3.8, 4) is 29.1 Å². The Bertz CT molecular complexity index is 1330. The largest absolute Gasteiger partial charge is 0.489 e. The number of likely N-dealkylation sites (N-methyl/N-ethyl adjacent to an activating group) is 1. The summed E-state index contributed by atoms with van der Waals surface area (Å²) in [5, 5.41) is 2.73. The van der Waals surface area contributed by atoms with E-state index >= 15 is 0 Å². The Kier molecular flexibility index (Phi) is 7.23. The predicted molar refractivity (Wildman–Crippen MR) is 135 cm³/mol. The molecule has 184 valence electrons. The number of carbonyl (C=O) groups excluding carboxylic acids is 2. The number of pyridine rings is 1. The monoisotopic (exact) mass is 485 g/mol. The van der Waals surface area contributed by atoms with E-state index in [0.717, 1.165) is 0 Å². The summed E-state index contributed by atoms with van der Waals surface area (Å²) in [6.07, 6.45) is 1.48. The Morgan fingerprint density at radius 3 is 2.67 bits per heavy atom. The fourth-order valence-electron chi connectivity index (χ4n) is 3.41. The number of hydrogen-bond acceptors (Lipinski definition) is 6. The van der Waals surface area contributed by atoms with E-state index in [1.165, 1.54) is 17.2 Å². The van der Waals surface area contributed by atoms with Crippen molar-refractivity contribution in [1.29, 1.82) is 0 Å². The number of amides is 2. The first-order chi connectivity index (χ1) is 17.3. The molecule has 36 heavy (non-hydrogen) atoms. The average Bonchev–Trinajstić information content (AvgIpc) is 3.00. The molecular weight excluding hydrogens is 458 g/mol. The van der Waals surface area contributed by atoms with E-state index in [2.05, 4.69) is 22.1 Å². The molecule has 0 fully saturated rings. The minimum atomic E-state index is -0.905. The van der Waals surface area contributed by atoms with Crippen LogP contribution in [0.5, 0.6) is 17.2 Å². The Labute approximate surface area is 210 Å². The highest BCUT2D eigenvalue weighted by Crippen LogP contribution is 2.31. The lowest BCUT2D eigenvalue weighted by Crippen LogP contribution is -2.49. The molecule has 8 nitrogen and oxygen atoms in total. The van der Waals surface area contributed by atoms with Crippen LogP contribution in [0.15, 0.2) is 66.9 Å². The van der Waals surface area contributed by atoms with E-state index in [1.807, 2.05) is 50.2 Å². The maximum Gasteiger partial charge on any atom is 0.270 e. The maximum atomic E-state index is 13.2. The molecule has 0 aliphatic carbocycles. The van der Waals surface area contributed by atoms with Crippen LogP contribution in [0.3, 0.4) is 0 Å². The van der Waals surface area contributed by atoms with E-state index in [0.29, 0.717) is 28.5 Å². The van der Waals surface area contributed by atoms with Crippen molar-refractivity contribution in [2.75, 3.05) is 25.7 Å². The molecule has 0 spiro atoms. The number of anilines is 1. The third kappa shape index (κ3) is 5.82. The van der Waals surface area contributed by atoms with Crippen molar-refractivity contribution in [2.24, 2.45) is 0 Å². The van der Waals surface area contributed by atoms with E-state index in [-0.39, 0.29) is 18.2 Å².